The number of halogens is 1. The minimum absolute atomic E-state index is 0.313. The molecule has 0 aliphatic rings. The van der Waals surface area contributed by atoms with Crippen LogP contribution in [0.3, 0.4) is 0 Å². The van der Waals surface area contributed by atoms with Crippen LogP contribution in [0.2, 0.25) is 0 Å². The molecule has 124 valence electrons. The molecule has 1 amide bonds. The van der Waals surface area contributed by atoms with Gasteiger partial charge >= 0.3 is 0 Å². The van der Waals surface area contributed by atoms with Crippen molar-refractivity contribution < 1.29 is 9.18 Å². The van der Waals surface area contributed by atoms with E-state index in [0.717, 1.165) is 4.70 Å². The Morgan fingerprint density at radius 3 is 2.92 bits per heavy atom. The monoisotopic (exact) mass is 353 g/mol. The van der Waals surface area contributed by atoms with Crippen molar-refractivity contribution in [3.05, 3.63) is 65.4 Å². The molecule has 0 aliphatic heterocycles. The number of carbonyl (C=O) groups excluding carboxylic acids is 1. The molecule has 0 bridgehead atoms. The first kappa shape index (κ1) is 15.4. The van der Waals surface area contributed by atoms with E-state index in [2.05, 4.69) is 20.4 Å². The van der Waals surface area contributed by atoms with E-state index in [1.165, 1.54) is 34.7 Å². The lowest BCUT2D eigenvalue weighted by atomic mass is 10.1. The molecule has 0 saturated carbocycles. The summed E-state index contributed by atoms with van der Waals surface area (Å²) in [4.78, 5) is 21.3. The number of rotatable bonds is 3. The number of benzene rings is 1. The zero-order valence-electron chi connectivity index (χ0n) is 13.1. The molecule has 0 unspecified atom stereocenters. The van der Waals surface area contributed by atoms with Gasteiger partial charge in [-0.2, -0.15) is 5.10 Å². The van der Waals surface area contributed by atoms with Crippen LogP contribution < -0.4 is 5.32 Å². The van der Waals surface area contributed by atoms with E-state index in [0.29, 0.717) is 27.3 Å². The summed E-state index contributed by atoms with van der Waals surface area (Å²) in [6.07, 6.45) is 4.49. The molecule has 6 nitrogen and oxygen atoms in total. The Morgan fingerprint density at radius 2 is 2.16 bits per heavy atom. The first-order valence-corrected chi connectivity index (χ1v) is 8.26. The number of pyridine rings is 1. The highest BCUT2D eigenvalue weighted by molar-refractivity contribution is 7.21. The topological polar surface area (TPSA) is 72.7 Å². The second-order valence-corrected chi connectivity index (χ2v) is 6.39. The maximum absolute atomic E-state index is 14.0. The standard InChI is InChI=1S/C17H12FN5OS/c1-10-14-11(18)4-2-6-13(14)25-15(10)17(24)22-12-5-3-7-20-16(12)23-9-19-8-21-23/h2-9H,1H3,(H,22,24). The summed E-state index contributed by atoms with van der Waals surface area (Å²) in [5.41, 5.74) is 1.12. The Morgan fingerprint density at radius 1 is 1.28 bits per heavy atom. The molecular formula is C17H12FN5OS. The molecule has 0 saturated heterocycles. The predicted octanol–water partition coefficient (Wildman–Crippen LogP) is 3.58. The molecule has 0 aliphatic carbocycles. The number of fused-ring (bicyclic) bond motifs is 1. The summed E-state index contributed by atoms with van der Waals surface area (Å²) in [6.45, 7) is 1.75. The van der Waals surface area contributed by atoms with Crippen LogP contribution in [-0.2, 0) is 0 Å². The van der Waals surface area contributed by atoms with Gasteiger partial charge < -0.3 is 5.32 Å². The van der Waals surface area contributed by atoms with Gasteiger partial charge in [-0.25, -0.2) is 19.0 Å². The third kappa shape index (κ3) is 2.66. The zero-order chi connectivity index (χ0) is 17.4. The number of aromatic nitrogens is 4. The number of carbonyl (C=O) groups is 1. The van der Waals surface area contributed by atoms with Crippen molar-refractivity contribution in [3.8, 4) is 5.82 Å². The third-order valence-electron chi connectivity index (χ3n) is 3.78. The first-order valence-electron chi connectivity index (χ1n) is 7.44. The molecule has 3 heterocycles. The van der Waals surface area contributed by atoms with Gasteiger partial charge in [-0.15, -0.1) is 11.3 Å². The van der Waals surface area contributed by atoms with Gasteiger partial charge in [0.05, 0.1) is 10.6 Å². The smallest absolute Gasteiger partial charge is 0.266 e. The van der Waals surface area contributed by atoms with Gasteiger partial charge in [0.1, 0.15) is 18.5 Å². The van der Waals surface area contributed by atoms with Crippen LogP contribution >= 0.6 is 11.3 Å². The lowest BCUT2D eigenvalue weighted by molar-refractivity contribution is 0.103. The summed E-state index contributed by atoms with van der Waals surface area (Å²) < 4.78 is 16.3. The highest BCUT2D eigenvalue weighted by Gasteiger charge is 2.19. The first-order chi connectivity index (χ1) is 12.1. The van der Waals surface area contributed by atoms with Gasteiger partial charge in [0.15, 0.2) is 5.82 Å². The average molecular weight is 353 g/mol. The maximum Gasteiger partial charge on any atom is 0.266 e. The fraction of sp³-hybridized carbons (Fsp3) is 0.0588. The molecule has 3 aromatic heterocycles. The fourth-order valence-electron chi connectivity index (χ4n) is 2.64. The van der Waals surface area contributed by atoms with E-state index < -0.39 is 0 Å². The molecule has 4 rings (SSSR count). The van der Waals surface area contributed by atoms with E-state index >= 15 is 0 Å². The summed E-state index contributed by atoms with van der Waals surface area (Å²) in [6, 6.07) is 8.28. The van der Waals surface area contributed by atoms with Crippen molar-refractivity contribution in [1.29, 1.82) is 0 Å². The van der Waals surface area contributed by atoms with Crippen LogP contribution in [0.1, 0.15) is 15.2 Å². The molecule has 0 spiro atoms. The quantitative estimate of drug-likeness (QED) is 0.611. The Hall–Kier alpha value is -3.13. The average Bonchev–Trinajstić information content (AvgIpc) is 3.24. The normalized spacial score (nSPS) is 11.0. The molecule has 4 aromatic rings. The summed E-state index contributed by atoms with van der Waals surface area (Å²) in [5.74, 6) is -0.180. The van der Waals surface area contributed by atoms with E-state index in [1.807, 2.05) is 0 Å². The molecule has 0 fully saturated rings. The molecule has 8 heteroatoms. The molecule has 0 radical (unpaired) electrons. The zero-order valence-corrected chi connectivity index (χ0v) is 13.9. The Labute approximate surface area is 146 Å². The highest BCUT2D eigenvalue weighted by Crippen LogP contribution is 2.33. The van der Waals surface area contributed by atoms with Crippen molar-refractivity contribution in [3.63, 3.8) is 0 Å². The minimum atomic E-state index is -0.324. The number of aryl methyl sites for hydroxylation is 1. The number of nitrogens with one attached hydrogen (secondary N) is 1. The van der Waals surface area contributed by atoms with Crippen LogP contribution in [-0.4, -0.2) is 25.7 Å². The van der Waals surface area contributed by atoms with Gasteiger partial charge in [-0.3, -0.25) is 4.79 Å². The van der Waals surface area contributed by atoms with E-state index in [9.17, 15) is 9.18 Å². The summed E-state index contributed by atoms with van der Waals surface area (Å²) in [7, 11) is 0. The van der Waals surface area contributed by atoms with Crippen molar-refractivity contribution in [2.75, 3.05) is 5.32 Å². The Balaban J connectivity index is 1.73. The number of hydrogen-bond acceptors (Lipinski definition) is 5. The minimum Gasteiger partial charge on any atom is -0.318 e. The molecule has 1 aromatic carbocycles. The second kappa shape index (κ2) is 6.06. The second-order valence-electron chi connectivity index (χ2n) is 5.34. The van der Waals surface area contributed by atoms with Crippen LogP contribution in [0.15, 0.2) is 49.2 Å². The Bertz CT molecular complexity index is 1070. The number of amides is 1. The predicted molar refractivity (Wildman–Crippen MR) is 93.6 cm³/mol. The molecule has 0 atom stereocenters. The molecule has 1 N–H and O–H groups in total. The van der Waals surface area contributed by atoms with Crippen LogP contribution in [0.5, 0.6) is 0 Å². The van der Waals surface area contributed by atoms with Gasteiger partial charge in [-0.1, -0.05) is 6.07 Å². The van der Waals surface area contributed by atoms with E-state index in [-0.39, 0.29) is 11.7 Å². The van der Waals surface area contributed by atoms with Crippen LogP contribution in [0.25, 0.3) is 15.9 Å². The lowest BCUT2D eigenvalue weighted by Gasteiger charge is -2.09. The number of anilines is 1. The lowest BCUT2D eigenvalue weighted by Crippen LogP contribution is -2.14. The molecular weight excluding hydrogens is 341 g/mol. The van der Waals surface area contributed by atoms with Gasteiger partial charge in [0.25, 0.3) is 5.91 Å². The Kier molecular flexibility index (Phi) is 3.73. The maximum atomic E-state index is 14.0. The van der Waals surface area contributed by atoms with Gasteiger partial charge in [0, 0.05) is 16.3 Å². The number of thiophene rings is 1. The number of nitrogens with zero attached hydrogens (tertiary/aromatic N) is 4. The van der Waals surface area contributed by atoms with Gasteiger partial charge in [-0.05, 0) is 36.8 Å². The summed E-state index contributed by atoms with van der Waals surface area (Å²) >= 11 is 1.26. The SMILES string of the molecule is Cc1c(C(=O)Nc2cccnc2-n2cncn2)sc2cccc(F)c12. The fourth-order valence-corrected chi connectivity index (χ4v) is 3.76. The van der Waals surface area contributed by atoms with Crippen LogP contribution in [0.4, 0.5) is 10.1 Å². The van der Waals surface area contributed by atoms with Crippen molar-refractivity contribution in [1.82, 2.24) is 19.7 Å². The number of hydrogen-bond donors (Lipinski definition) is 1. The van der Waals surface area contributed by atoms with Crippen LogP contribution in [0, 0.1) is 12.7 Å². The largest absolute Gasteiger partial charge is 0.318 e. The molecule has 25 heavy (non-hydrogen) atoms. The highest BCUT2D eigenvalue weighted by atomic mass is 32.1. The third-order valence-corrected chi connectivity index (χ3v) is 5.04. The van der Waals surface area contributed by atoms with Gasteiger partial charge in [0.2, 0.25) is 0 Å². The van der Waals surface area contributed by atoms with Crippen molar-refractivity contribution in [2.24, 2.45) is 0 Å². The van der Waals surface area contributed by atoms with Crippen molar-refractivity contribution >= 4 is 33.0 Å². The van der Waals surface area contributed by atoms with E-state index in [1.54, 1.807) is 37.4 Å². The summed E-state index contributed by atoms with van der Waals surface area (Å²) in [5, 5.41) is 7.36. The van der Waals surface area contributed by atoms with E-state index in [4.69, 9.17) is 0 Å². The van der Waals surface area contributed by atoms with Crippen molar-refractivity contribution in [2.45, 2.75) is 6.92 Å².